The number of nitrogens with one attached hydrogen (secondary N) is 1. The predicted molar refractivity (Wildman–Crippen MR) is 65.3 cm³/mol. The number of hydrogen-bond donors (Lipinski definition) is 1. The van der Waals surface area contributed by atoms with E-state index in [2.05, 4.69) is 10.3 Å². The molecule has 0 saturated carbocycles. The zero-order valence-electron chi connectivity index (χ0n) is 9.23. The number of anilines is 1. The highest BCUT2D eigenvalue weighted by Crippen LogP contribution is 2.20. The lowest BCUT2D eigenvalue weighted by atomic mass is 10.2. The van der Waals surface area contributed by atoms with Crippen LogP contribution in [0, 0.1) is 0 Å². The minimum atomic E-state index is 0.0423. The molecule has 0 spiro atoms. The number of benzene rings is 1. The Labute approximate surface area is 94.5 Å². The number of carbonyl (C=O) groups is 1. The average Bonchev–Trinajstić information content (AvgIpc) is 2.30. The van der Waals surface area contributed by atoms with Crippen LogP contribution in [0.3, 0.4) is 0 Å². The highest BCUT2D eigenvalue weighted by molar-refractivity contribution is 6.00. The van der Waals surface area contributed by atoms with E-state index in [0.29, 0.717) is 6.42 Å². The first kappa shape index (κ1) is 10.6. The molecule has 0 fully saturated rings. The number of carbonyl (C=O) groups excluding carboxylic acids is 1. The molecule has 82 valence electrons. The molecule has 0 aliphatic heterocycles. The summed E-state index contributed by atoms with van der Waals surface area (Å²) < 4.78 is 0. The van der Waals surface area contributed by atoms with Crippen molar-refractivity contribution in [2.75, 3.05) is 5.32 Å². The molecule has 3 nitrogen and oxygen atoms in total. The van der Waals surface area contributed by atoms with Crippen molar-refractivity contribution < 1.29 is 4.79 Å². The largest absolute Gasteiger partial charge is 0.324 e. The van der Waals surface area contributed by atoms with Crippen LogP contribution in [0.1, 0.15) is 19.8 Å². The molecule has 3 heteroatoms. The van der Waals surface area contributed by atoms with Crippen LogP contribution in [0.25, 0.3) is 10.9 Å². The van der Waals surface area contributed by atoms with E-state index < -0.39 is 0 Å². The third kappa shape index (κ3) is 2.19. The summed E-state index contributed by atoms with van der Waals surface area (Å²) in [6, 6.07) is 9.66. The maximum absolute atomic E-state index is 11.5. The van der Waals surface area contributed by atoms with E-state index >= 15 is 0 Å². The van der Waals surface area contributed by atoms with Gasteiger partial charge in [-0.15, -0.1) is 0 Å². The van der Waals surface area contributed by atoms with Gasteiger partial charge in [0.15, 0.2) is 0 Å². The Balaban J connectivity index is 2.33. The van der Waals surface area contributed by atoms with Crippen LogP contribution in [-0.4, -0.2) is 10.9 Å². The Kier molecular flexibility index (Phi) is 3.15. The average molecular weight is 214 g/mol. The fraction of sp³-hybridized carbons (Fsp3) is 0.231. The molecule has 0 aliphatic carbocycles. The molecule has 0 bridgehead atoms. The molecule has 1 heterocycles. The fourth-order valence-corrected chi connectivity index (χ4v) is 1.64. The van der Waals surface area contributed by atoms with E-state index in [9.17, 15) is 4.79 Å². The molecular weight excluding hydrogens is 200 g/mol. The number of fused-ring (bicyclic) bond motifs is 1. The molecule has 0 aliphatic rings. The van der Waals surface area contributed by atoms with Crippen LogP contribution in [0.5, 0.6) is 0 Å². The van der Waals surface area contributed by atoms with E-state index in [0.717, 1.165) is 23.0 Å². The Bertz CT molecular complexity index is 503. The van der Waals surface area contributed by atoms with Gasteiger partial charge < -0.3 is 5.32 Å². The molecule has 1 amide bonds. The standard InChI is InChI=1S/C13H14N2O/c1-2-5-12(16)15-11-8-3-6-10-7-4-9-14-13(10)11/h3-4,6-9H,2,5H2,1H3,(H,15,16). The Hall–Kier alpha value is -1.90. The van der Waals surface area contributed by atoms with Crippen LogP contribution in [0.4, 0.5) is 5.69 Å². The highest BCUT2D eigenvalue weighted by atomic mass is 16.1. The first-order valence-electron chi connectivity index (χ1n) is 5.45. The molecule has 2 rings (SSSR count). The number of rotatable bonds is 3. The molecule has 2 aromatic rings. The highest BCUT2D eigenvalue weighted by Gasteiger charge is 2.04. The number of pyridine rings is 1. The SMILES string of the molecule is CCCC(=O)Nc1cccc2cccnc12. The lowest BCUT2D eigenvalue weighted by Crippen LogP contribution is -2.11. The molecule has 1 aromatic heterocycles. The maximum atomic E-state index is 11.5. The van der Waals surface area contributed by atoms with Gasteiger partial charge in [0.2, 0.25) is 5.91 Å². The summed E-state index contributed by atoms with van der Waals surface area (Å²) in [5, 5.41) is 3.92. The number of aromatic nitrogens is 1. The van der Waals surface area contributed by atoms with Gasteiger partial charge in [0, 0.05) is 18.0 Å². The number of nitrogens with zero attached hydrogens (tertiary/aromatic N) is 1. The predicted octanol–water partition coefficient (Wildman–Crippen LogP) is 2.97. The summed E-state index contributed by atoms with van der Waals surface area (Å²) >= 11 is 0. The quantitative estimate of drug-likeness (QED) is 0.853. The lowest BCUT2D eigenvalue weighted by molar-refractivity contribution is -0.116. The fourth-order valence-electron chi connectivity index (χ4n) is 1.64. The van der Waals surface area contributed by atoms with Crippen LogP contribution in [0.2, 0.25) is 0 Å². The van der Waals surface area contributed by atoms with Crippen LogP contribution in [-0.2, 0) is 4.79 Å². The zero-order chi connectivity index (χ0) is 11.4. The summed E-state index contributed by atoms with van der Waals surface area (Å²) in [5.74, 6) is 0.0423. The van der Waals surface area contributed by atoms with Gasteiger partial charge in [-0.05, 0) is 18.6 Å². The minimum Gasteiger partial charge on any atom is -0.324 e. The van der Waals surface area contributed by atoms with Crippen LogP contribution >= 0.6 is 0 Å². The van der Waals surface area contributed by atoms with Crippen LogP contribution in [0.15, 0.2) is 36.5 Å². The molecule has 16 heavy (non-hydrogen) atoms. The molecule has 0 saturated heterocycles. The van der Waals surface area contributed by atoms with Crippen molar-refractivity contribution in [3.63, 3.8) is 0 Å². The van der Waals surface area contributed by atoms with Crippen LogP contribution < -0.4 is 5.32 Å². The van der Waals surface area contributed by atoms with E-state index in [1.165, 1.54) is 0 Å². The van der Waals surface area contributed by atoms with Gasteiger partial charge in [0.1, 0.15) is 0 Å². The molecule has 1 N–H and O–H groups in total. The summed E-state index contributed by atoms with van der Waals surface area (Å²) in [4.78, 5) is 15.8. The second-order valence-corrected chi connectivity index (χ2v) is 3.68. The van der Waals surface area contributed by atoms with Gasteiger partial charge in [-0.2, -0.15) is 0 Å². The third-order valence-electron chi connectivity index (χ3n) is 2.38. The van der Waals surface area contributed by atoms with Gasteiger partial charge in [-0.1, -0.05) is 25.1 Å². The van der Waals surface area contributed by atoms with Gasteiger partial charge in [-0.3, -0.25) is 9.78 Å². The van der Waals surface area contributed by atoms with Gasteiger partial charge in [-0.25, -0.2) is 0 Å². The number of hydrogen-bond acceptors (Lipinski definition) is 2. The topological polar surface area (TPSA) is 42.0 Å². The van der Waals surface area contributed by atoms with Gasteiger partial charge in [0.25, 0.3) is 0 Å². The Morgan fingerprint density at radius 2 is 2.12 bits per heavy atom. The van der Waals surface area contributed by atoms with Gasteiger partial charge in [0.05, 0.1) is 11.2 Å². The first-order valence-corrected chi connectivity index (χ1v) is 5.45. The summed E-state index contributed by atoms with van der Waals surface area (Å²) in [6.45, 7) is 1.99. The molecular formula is C13H14N2O. The molecule has 0 radical (unpaired) electrons. The van der Waals surface area contributed by atoms with Crippen molar-refractivity contribution in [2.24, 2.45) is 0 Å². The van der Waals surface area contributed by atoms with Crippen molar-refractivity contribution in [3.8, 4) is 0 Å². The maximum Gasteiger partial charge on any atom is 0.224 e. The second kappa shape index (κ2) is 4.75. The van der Waals surface area contributed by atoms with E-state index in [1.807, 2.05) is 37.3 Å². The van der Waals surface area contributed by atoms with Crippen molar-refractivity contribution in [1.29, 1.82) is 0 Å². The number of amides is 1. The van der Waals surface area contributed by atoms with E-state index in [4.69, 9.17) is 0 Å². The molecule has 0 atom stereocenters. The van der Waals surface area contributed by atoms with Gasteiger partial charge >= 0.3 is 0 Å². The summed E-state index contributed by atoms with van der Waals surface area (Å²) in [7, 11) is 0. The molecule has 0 unspecified atom stereocenters. The monoisotopic (exact) mass is 214 g/mol. The number of para-hydroxylation sites is 1. The van der Waals surface area contributed by atoms with E-state index in [-0.39, 0.29) is 5.91 Å². The smallest absolute Gasteiger partial charge is 0.224 e. The normalized spacial score (nSPS) is 10.3. The Morgan fingerprint density at radius 3 is 2.94 bits per heavy atom. The van der Waals surface area contributed by atoms with Crippen molar-refractivity contribution >= 4 is 22.5 Å². The minimum absolute atomic E-state index is 0.0423. The lowest BCUT2D eigenvalue weighted by Gasteiger charge is -2.06. The summed E-state index contributed by atoms with van der Waals surface area (Å²) in [5.41, 5.74) is 1.63. The van der Waals surface area contributed by atoms with Crippen molar-refractivity contribution in [3.05, 3.63) is 36.5 Å². The zero-order valence-corrected chi connectivity index (χ0v) is 9.23. The Morgan fingerprint density at radius 1 is 1.31 bits per heavy atom. The van der Waals surface area contributed by atoms with E-state index in [1.54, 1.807) is 6.20 Å². The molecule has 1 aromatic carbocycles. The summed E-state index contributed by atoms with van der Waals surface area (Å²) in [6.07, 6.45) is 3.13. The third-order valence-corrected chi connectivity index (χ3v) is 2.38. The first-order chi connectivity index (χ1) is 7.81. The van der Waals surface area contributed by atoms with Crippen molar-refractivity contribution in [1.82, 2.24) is 4.98 Å². The second-order valence-electron chi connectivity index (χ2n) is 3.68. The van der Waals surface area contributed by atoms with Crippen molar-refractivity contribution in [2.45, 2.75) is 19.8 Å².